The van der Waals surface area contributed by atoms with E-state index in [2.05, 4.69) is 56.9 Å². The third-order valence-corrected chi connectivity index (χ3v) is 8.01. The van der Waals surface area contributed by atoms with E-state index in [1.54, 1.807) is 36.4 Å². The van der Waals surface area contributed by atoms with Gasteiger partial charge < -0.3 is 9.64 Å². The SMILES string of the molecule is Cc1cccc(C)c1N1CCCS/C1=N\N=C\c1ccc2c(ccc3c2ncn3-c2ccc(OC(F)(F)F)cc2)c1. The van der Waals surface area contributed by atoms with E-state index in [9.17, 15) is 13.2 Å². The molecule has 5 aromatic rings. The quantitative estimate of drug-likeness (QED) is 0.158. The zero-order valence-corrected chi connectivity index (χ0v) is 23.2. The van der Waals surface area contributed by atoms with Gasteiger partial charge in [0.2, 0.25) is 0 Å². The number of hydrogen-bond acceptors (Lipinski definition) is 5. The number of aromatic nitrogens is 2. The van der Waals surface area contributed by atoms with Crippen LogP contribution in [-0.2, 0) is 0 Å². The molecule has 0 aliphatic carbocycles. The highest BCUT2D eigenvalue weighted by atomic mass is 32.2. The van der Waals surface area contributed by atoms with Gasteiger partial charge in [-0.1, -0.05) is 48.2 Å². The fourth-order valence-corrected chi connectivity index (χ4v) is 6.05. The van der Waals surface area contributed by atoms with E-state index in [4.69, 9.17) is 0 Å². The topological polar surface area (TPSA) is 55.0 Å². The lowest BCUT2D eigenvalue weighted by molar-refractivity contribution is -0.274. The van der Waals surface area contributed by atoms with Gasteiger partial charge >= 0.3 is 6.36 Å². The Morgan fingerprint density at radius 1 is 0.976 bits per heavy atom. The second-order valence-corrected chi connectivity index (χ2v) is 10.9. The molecule has 1 saturated heterocycles. The molecule has 0 saturated carbocycles. The number of ether oxygens (including phenoxy) is 1. The van der Waals surface area contributed by atoms with E-state index >= 15 is 0 Å². The Morgan fingerprint density at radius 3 is 2.51 bits per heavy atom. The van der Waals surface area contributed by atoms with Crippen molar-refractivity contribution in [3.63, 3.8) is 0 Å². The first-order chi connectivity index (χ1) is 19.8. The van der Waals surface area contributed by atoms with Crippen molar-refractivity contribution >= 4 is 50.6 Å². The summed E-state index contributed by atoms with van der Waals surface area (Å²) in [5.74, 6) is 0.746. The summed E-state index contributed by atoms with van der Waals surface area (Å²) in [6, 6.07) is 22.0. The summed E-state index contributed by atoms with van der Waals surface area (Å²) in [6.07, 6.45) is -0.209. The monoisotopic (exact) mass is 573 g/mol. The number of nitrogens with zero attached hydrogens (tertiary/aromatic N) is 5. The number of fused-ring (bicyclic) bond motifs is 3. The molecule has 1 aliphatic rings. The number of amidine groups is 1. The number of alkyl halides is 3. The molecular weight excluding hydrogens is 547 g/mol. The van der Waals surface area contributed by atoms with Gasteiger partial charge in [-0.25, -0.2) is 4.98 Å². The second-order valence-electron chi connectivity index (χ2n) is 9.79. The van der Waals surface area contributed by atoms with Gasteiger partial charge in [0.1, 0.15) is 12.1 Å². The maximum Gasteiger partial charge on any atom is 0.573 e. The zero-order chi connectivity index (χ0) is 28.6. The predicted octanol–water partition coefficient (Wildman–Crippen LogP) is 8.03. The third kappa shape index (κ3) is 5.65. The lowest BCUT2D eigenvalue weighted by Crippen LogP contribution is -2.35. The van der Waals surface area contributed by atoms with Gasteiger partial charge in [0.15, 0.2) is 5.17 Å². The van der Waals surface area contributed by atoms with Crippen LogP contribution >= 0.6 is 11.8 Å². The van der Waals surface area contributed by atoms with Gasteiger partial charge in [0, 0.05) is 29.1 Å². The first kappa shape index (κ1) is 26.9. The third-order valence-electron chi connectivity index (χ3n) is 6.95. The first-order valence-electron chi connectivity index (χ1n) is 13.1. The summed E-state index contributed by atoms with van der Waals surface area (Å²) in [7, 11) is 0. The highest BCUT2D eigenvalue weighted by molar-refractivity contribution is 8.14. The summed E-state index contributed by atoms with van der Waals surface area (Å²) >= 11 is 1.72. The van der Waals surface area contributed by atoms with Gasteiger partial charge in [0.25, 0.3) is 0 Å². The number of imidazole rings is 1. The lowest BCUT2D eigenvalue weighted by atomic mass is 10.1. The van der Waals surface area contributed by atoms with Crippen LogP contribution in [0.3, 0.4) is 0 Å². The first-order valence-corrected chi connectivity index (χ1v) is 14.1. The van der Waals surface area contributed by atoms with Crippen LogP contribution < -0.4 is 9.64 Å². The lowest BCUT2D eigenvalue weighted by Gasteiger charge is -2.31. The molecule has 10 heteroatoms. The maximum atomic E-state index is 12.5. The molecule has 2 heterocycles. The van der Waals surface area contributed by atoms with Crippen molar-refractivity contribution in [2.24, 2.45) is 10.2 Å². The van der Waals surface area contributed by atoms with E-state index < -0.39 is 6.36 Å². The van der Waals surface area contributed by atoms with Gasteiger partial charge in [-0.3, -0.25) is 4.57 Å². The molecule has 6 rings (SSSR count). The molecular formula is C31H26F3N5OS. The number of rotatable bonds is 5. The normalized spacial score (nSPS) is 15.4. The summed E-state index contributed by atoms with van der Waals surface area (Å²) in [5, 5.41) is 11.9. The van der Waals surface area contributed by atoms with Crippen LogP contribution in [0.1, 0.15) is 23.1 Å². The Kier molecular flexibility index (Phi) is 7.17. The fourth-order valence-electron chi connectivity index (χ4n) is 5.15. The molecule has 0 N–H and O–H groups in total. The van der Waals surface area contributed by atoms with Crippen LogP contribution in [-0.4, -0.2) is 39.6 Å². The van der Waals surface area contributed by atoms with E-state index in [1.807, 2.05) is 34.9 Å². The number of hydrogen-bond donors (Lipinski definition) is 0. The maximum absolute atomic E-state index is 12.5. The zero-order valence-electron chi connectivity index (χ0n) is 22.4. The Hall–Kier alpha value is -4.31. The average Bonchev–Trinajstić information content (AvgIpc) is 3.38. The molecule has 1 fully saturated rings. The Bertz CT molecular complexity index is 1770. The molecule has 208 valence electrons. The minimum Gasteiger partial charge on any atom is -0.406 e. The number of aryl methyl sites for hydroxylation is 2. The van der Waals surface area contributed by atoms with E-state index in [-0.39, 0.29) is 5.75 Å². The standard InChI is InChI=1S/C31H26F3N5OS/c1-20-5-3-6-21(2)29(20)38-15-4-16-41-30(38)37-36-18-22-7-13-26-23(17-22)8-14-27-28(26)35-19-39(27)24-9-11-25(12-10-24)40-31(32,33)34/h3,5-14,17-19H,4,15-16H2,1-2H3/b36-18+,37-30-. The van der Waals surface area contributed by atoms with Crippen molar-refractivity contribution in [2.45, 2.75) is 26.6 Å². The Labute approximate surface area is 239 Å². The molecule has 1 aromatic heterocycles. The van der Waals surface area contributed by atoms with Gasteiger partial charge in [-0.05, 0) is 78.7 Å². The van der Waals surface area contributed by atoms with Crippen LogP contribution in [0.4, 0.5) is 18.9 Å². The number of benzene rings is 4. The van der Waals surface area contributed by atoms with Crippen molar-refractivity contribution in [1.82, 2.24) is 9.55 Å². The van der Waals surface area contributed by atoms with Gasteiger partial charge in [-0.15, -0.1) is 18.3 Å². The molecule has 0 amide bonds. The van der Waals surface area contributed by atoms with Crippen LogP contribution in [0, 0.1) is 13.8 Å². The molecule has 0 bridgehead atoms. The number of halogens is 3. The van der Waals surface area contributed by atoms with E-state index in [1.165, 1.54) is 28.9 Å². The Morgan fingerprint density at radius 2 is 1.76 bits per heavy atom. The molecule has 0 spiro atoms. The van der Waals surface area contributed by atoms with Crippen molar-refractivity contribution in [2.75, 3.05) is 17.2 Å². The van der Waals surface area contributed by atoms with Crippen LogP contribution in [0.25, 0.3) is 27.5 Å². The summed E-state index contributed by atoms with van der Waals surface area (Å²) in [5.41, 5.74) is 6.88. The highest BCUT2D eigenvalue weighted by Crippen LogP contribution is 2.31. The van der Waals surface area contributed by atoms with Crippen LogP contribution in [0.15, 0.2) is 89.3 Å². The highest BCUT2D eigenvalue weighted by Gasteiger charge is 2.31. The molecule has 0 radical (unpaired) electrons. The number of anilines is 1. The molecule has 1 aliphatic heterocycles. The molecule has 4 aromatic carbocycles. The van der Waals surface area contributed by atoms with Crippen molar-refractivity contribution < 1.29 is 17.9 Å². The average molecular weight is 574 g/mol. The fraction of sp³-hybridized carbons (Fsp3) is 0.194. The van der Waals surface area contributed by atoms with Gasteiger partial charge in [0.05, 0.1) is 17.2 Å². The minimum absolute atomic E-state index is 0.268. The van der Waals surface area contributed by atoms with E-state index in [0.717, 1.165) is 51.3 Å². The summed E-state index contributed by atoms with van der Waals surface area (Å²) < 4.78 is 43.3. The van der Waals surface area contributed by atoms with E-state index in [0.29, 0.717) is 5.69 Å². The molecule has 41 heavy (non-hydrogen) atoms. The Balaban J connectivity index is 1.25. The largest absolute Gasteiger partial charge is 0.573 e. The summed E-state index contributed by atoms with van der Waals surface area (Å²) in [6.45, 7) is 5.17. The van der Waals surface area contributed by atoms with Crippen molar-refractivity contribution in [3.05, 3.63) is 95.8 Å². The molecule has 0 unspecified atom stereocenters. The number of thioether (sulfide) groups is 1. The van der Waals surface area contributed by atoms with Crippen molar-refractivity contribution in [1.29, 1.82) is 0 Å². The minimum atomic E-state index is -4.73. The van der Waals surface area contributed by atoms with Crippen LogP contribution in [0.2, 0.25) is 0 Å². The molecule has 6 nitrogen and oxygen atoms in total. The summed E-state index contributed by atoms with van der Waals surface area (Å²) in [4.78, 5) is 6.86. The number of para-hydroxylation sites is 1. The molecule has 0 atom stereocenters. The van der Waals surface area contributed by atoms with Gasteiger partial charge in [-0.2, -0.15) is 5.10 Å². The predicted molar refractivity (Wildman–Crippen MR) is 161 cm³/mol. The van der Waals surface area contributed by atoms with Crippen LogP contribution in [0.5, 0.6) is 5.75 Å². The second kappa shape index (κ2) is 10.9. The smallest absolute Gasteiger partial charge is 0.406 e. The van der Waals surface area contributed by atoms with Crippen molar-refractivity contribution in [3.8, 4) is 11.4 Å².